The summed E-state index contributed by atoms with van der Waals surface area (Å²) in [6.45, 7) is 5.22. The summed E-state index contributed by atoms with van der Waals surface area (Å²) in [7, 11) is 0. The van der Waals surface area contributed by atoms with Crippen molar-refractivity contribution in [3.8, 4) is 0 Å². The Kier molecular flexibility index (Phi) is 6.34. The molecule has 1 rings (SSSR count). The van der Waals surface area contributed by atoms with E-state index in [0.717, 1.165) is 0 Å². The highest BCUT2D eigenvalue weighted by Gasteiger charge is 2.24. The Morgan fingerprint density at radius 3 is 3.00 bits per heavy atom. The Hall–Kier alpha value is -1.44. The molecule has 7 nitrogen and oxygen atoms in total. The molecule has 0 aliphatic carbocycles. The van der Waals surface area contributed by atoms with Crippen LogP contribution in [-0.2, 0) is 9.53 Å². The number of hydrogen-bond acceptors (Lipinski definition) is 5. The lowest BCUT2D eigenvalue weighted by atomic mass is 10.2. The van der Waals surface area contributed by atoms with Crippen LogP contribution in [0.5, 0.6) is 0 Å². The third-order valence-electron chi connectivity index (χ3n) is 2.57. The molecule has 3 N–H and O–H groups in total. The second-order valence-electron chi connectivity index (χ2n) is 3.93. The molecule has 1 heterocycles. The first-order chi connectivity index (χ1) is 8.67. The van der Waals surface area contributed by atoms with Crippen LogP contribution in [0.4, 0.5) is 4.79 Å². The van der Waals surface area contributed by atoms with E-state index in [0.29, 0.717) is 26.3 Å². The lowest BCUT2D eigenvalue weighted by molar-refractivity contribution is -0.124. The van der Waals surface area contributed by atoms with Crippen molar-refractivity contribution in [2.24, 2.45) is 0 Å². The Morgan fingerprint density at radius 2 is 2.33 bits per heavy atom. The monoisotopic (exact) mass is 257 g/mol. The summed E-state index contributed by atoms with van der Waals surface area (Å²) >= 11 is 0. The topological polar surface area (TPSA) is 90.9 Å². The number of morpholine rings is 1. The number of amides is 3. The van der Waals surface area contributed by atoms with Crippen molar-refractivity contribution in [3.63, 3.8) is 0 Å². The molecule has 1 aliphatic heterocycles. The zero-order chi connectivity index (χ0) is 13.4. The van der Waals surface area contributed by atoms with E-state index in [4.69, 9.17) is 9.84 Å². The van der Waals surface area contributed by atoms with Crippen molar-refractivity contribution in [2.75, 3.05) is 39.5 Å². The van der Waals surface area contributed by atoms with Gasteiger partial charge in [-0.25, -0.2) is 4.79 Å². The summed E-state index contributed by atoms with van der Waals surface area (Å²) in [6.07, 6.45) is 1.52. The van der Waals surface area contributed by atoms with Crippen molar-refractivity contribution >= 4 is 11.9 Å². The van der Waals surface area contributed by atoms with Crippen molar-refractivity contribution in [3.05, 3.63) is 12.7 Å². The Labute approximate surface area is 106 Å². The number of ether oxygens (including phenoxy) is 1. The molecule has 1 fully saturated rings. The van der Waals surface area contributed by atoms with Crippen molar-refractivity contribution in [1.29, 1.82) is 0 Å². The van der Waals surface area contributed by atoms with E-state index in [1.54, 1.807) is 4.90 Å². The molecule has 0 bridgehead atoms. The second kappa shape index (κ2) is 7.80. The maximum atomic E-state index is 11.6. The van der Waals surface area contributed by atoms with Gasteiger partial charge in [0.05, 0.1) is 32.4 Å². The maximum absolute atomic E-state index is 11.6. The molecule has 18 heavy (non-hydrogen) atoms. The molecule has 1 atom stereocenters. The van der Waals surface area contributed by atoms with Gasteiger partial charge in [-0.2, -0.15) is 0 Å². The van der Waals surface area contributed by atoms with E-state index in [2.05, 4.69) is 17.2 Å². The van der Waals surface area contributed by atoms with Crippen molar-refractivity contribution < 1.29 is 19.4 Å². The van der Waals surface area contributed by atoms with E-state index in [1.807, 2.05) is 0 Å². The highest BCUT2D eigenvalue weighted by Crippen LogP contribution is 2.05. The van der Waals surface area contributed by atoms with Crippen LogP contribution in [0.15, 0.2) is 12.7 Å². The number of nitrogens with one attached hydrogen (secondary N) is 2. The minimum Gasteiger partial charge on any atom is -0.395 e. The zero-order valence-electron chi connectivity index (χ0n) is 10.2. The largest absolute Gasteiger partial charge is 0.395 e. The van der Waals surface area contributed by atoms with Gasteiger partial charge in [0.25, 0.3) is 0 Å². The Bertz CT molecular complexity index is 309. The normalized spacial score (nSPS) is 20.2. The van der Waals surface area contributed by atoms with E-state index >= 15 is 0 Å². The number of aliphatic hydroxyl groups is 1. The van der Waals surface area contributed by atoms with Crippen LogP contribution in [0.2, 0.25) is 0 Å². The minimum absolute atomic E-state index is 0.0656. The van der Waals surface area contributed by atoms with Crippen LogP contribution in [0, 0.1) is 0 Å². The molecule has 0 saturated carbocycles. The average Bonchev–Trinajstić information content (AvgIpc) is 2.36. The quantitative estimate of drug-likeness (QED) is 0.532. The van der Waals surface area contributed by atoms with Crippen molar-refractivity contribution in [2.45, 2.75) is 6.04 Å². The summed E-state index contributed by atoms with van der Waals surface area (Å²) in [6, 6.07) is -0.741. The summed E-state index contributed by atoms with van der Waals surface area (Å²) in [5, 5.41) is 13.8. The molecule has 3 amide bonds. The molecule has 1 aliphatic rings. The fourth-order valence-corrected chi connectivity index (χ4v) is 1.63. The molecule has 0 spiro atoms. The highest BCUT2D eigenvalue weighted by molar-refractivity contribution is 5.95. The molecule has 102 valence electrons. The summed E-state index contributed by atoms with van der Waals surface area (Å²) in [4.78, 5) is 24.6. The average molecular weight is 257 g/mol. The van der Waals surface area contributed by atoms with Gasteiger partial charge < -0.3 is 15.2 Å². The maximum Gasteiger partial charge on any atom is 0.321 e. The summed E-state index contributed by atoms with van der Waals surface area (Å²) in [5.74, 6) is -0.406. The Morgan fingerprint density at radius 1 is 1.56 bits per heavy atom. The number of hydrogen-bond donors (Lipinski definition) is 3. The fraction of sp³-hybridized carbons (Fsp3) is 0.636. The minimum atomic E-state index is -0.547. The van der Waals surface area contributed by atoms with Gasteiger partial charge in [0.2, 0.25) is 5.91 Å². The summed E-state index contributed by atoms with van der Waals surface area (Å²) in [5.41, 5.74) is 0. The third kappa shape index (κ3) is 4.82. The first-order valence-corrected chi connectivity index (χ1v) is 5.78. The standard InChI is InChI=1S/C11H19N3O4/c1-2-3-12-11(17)13-10(16)6-14-4-5-18-8-9(14)7-15/h2,9,15H,1,3-8H2,(H2,12,13,16,17). The van der Waals surface area contributed by atoms with Crippen LogP contribution in [0.3, 0.4) is 0 Å². The van der Waals surface area contributed by atoms with Gasteiger partial charge in [0.1, 0.15) is 0 Å². The second-order valence-corrected chi connectivity index (χ2v) is 3.93. The number of carbonyl (C=O) groups is 2. The van der Waals surface area contributed by atoms with Gasteiger partial charge in [-0.3, -0.25) is 15.0 Å². The lowest BCUT2D eigenvalue weighted by Gasteiger charge is -2.33. The number of rotatable bonds is 5. The Balaban J connectivity index is 2.33. The predicted octanol–water partition coefficient (Wildman–Crippen LogP) is -1.31. The van der Waals surface area contributed by atoms with Crippen LogP contribution >= 0.6 is 0 Å². The van der Waals surface area contributed by atoms with Crippen LogP contribution in [0.1, 0.15) is 0 Å². The zero-order valence-corrected chi connectivity index (χ0v) is 10.2. The first kappa shape index (κ1) is 14.6. The molecule has 0 aromatic heterocycles. The SMILES string of the molecule is C=CCNC(=O)NC(=O)CN1CCOCC1CO. The lowest BCUT2D eigenvalue weighted by Crippen LogP contribution is -2.52. The van der Waals surface area contributed by atoms with Gasteiger partial charge in [0, 0.05) is 13.1 Å². The number of imide groups is 1. The number of urea groups is 1. The van der Waals surface area contributed by atoms with E-state index < -0.39 is 11.9 Å². The summed E-state index contributed by atoms with van der Waals surface area (Å²) < 4.78 is 5.20. The molecule has 0 radical (unpaired) electrons. The molecule has 1 unspecified atom stereocenters. The van der Waals surface area contributed by atoms with E-state index in [-0.39, 0.29) is 19.2 Å². The molecular formula is C11H19N3O4. The smallest absolute Gasteiger partial charge is 0.321 e. The molecule has 1 saturated heterocycles. The molecular weight excluding hydrogens is 238 g/mol. The van der Waals surface area contributed by atoms with Crippen molar-refractivity contribution in [1.82, 2.24) is 15.5 Å². The van der Waals surface area contributed by atoms with Crippen LogP contribution < -0.4 is 10.6 Å². The van der Waals surface area contributed by atoms with Crippen LogP contribution in [-0.4, -0.2) is 67.4 Å². The van der Waals surface area contributed by atoms with Gasteiger partial charge in [-0.15, -0.1) is 6.58 Å². The van der Waals surface area contributed by atoms with E-state index in [9.17, 15) is 9.59 Å². The van der Waals surface area contributed by atoms with Gasteiger partial charge in [0.15, 0.2) is 0 Å². The first-order valence-electron chi connectivity index (χ1n) is 5.78. The van der Waals surface area contributed by atoms with Gasteiger partial charge in [-0.1, -0.05) is 6.08 Å². The number of nitrogens with zero attached hydrogens (tertiary/aromatic N) is 1. The van der Waals surface area contributed by atoms with E-state index in [1.165, 1.54) is 6.08 Å². The fourth-order valence-electron chi connectivity index (χ4n) is 1.63. The molecule has 0 aromatic rings. The number of aliphatic hydroxyl groups excluding tert-OH is 1. The third-order valence-corrected chi connectivity index (χ3v) is 2.57. The van der Waals surface area contributed by atoms with Crippen LogP contribution in [0.25, 0.3) is 0 Å². The van der Waals surface area contributed by atoms with Gasteiger partial charge >= 0.3 is 6.03 Å². The van der Waals surface area contributed by atoms with Gasteiger partial charge in [-0.05, 0) is 0 Å². The highest BCUT2D eigenvalue weighted by atomic mass is 16.5. The molecule has 0 aromatic carbocycles. The number of carbonyl (C=O) groups excluding carboxylic acids is 2. The molecule has 7 heteroatoms. The predicted molar refractivity (Wildman–Crippen MR) is 65.0 cm³/mol.